The van der Waals surface area contributed by atoms with Gasteiger partial charge in [0.2, 0.25) is 0 Å². The Kier molecular flexibility index (Phi) is 5.08. The van der Waals surface area contributed by atoms with Crippen molar-refractivity contribution in [3.63, 3.8) is 0 Å². The summed E-state index contributed by atoms with van der Waals surface area (Å²) in [4.78, 5) is 10.9. The van der Waals surface area contributed by atoms with E-state index in [-0.39, 0.29) is 5.71 Å². The molecule has 0 saturated carbocycles. The second-order valence-corrected chi connectivity index (χ2v) is 8.73. The van der Waals surface area contributed by atoms with E-state index in [1.807, 2.05) is 35.2 Å². The van der Waals surface area contributed by atoms with Gasteiger partial charge in [0.05, 0.1) is 22.7 Å². The number of piperidine rings is 1. The number of hydrogen-bond donors (Lipinski definition) is 3. The highest BCUT2D eigenvalue weighted by Gasteiger charge is 2.38. The van der Waals surface area contributed by atoms with Gasteiger partial charge in [0, 0.05) is 24.2 Å². The molecule has 3 aliphatic rings. The number of benzene rings is 2. The molecule has 1 atom stereocenters. The molecule has 32 heavy (non-hydrogen) atoms. The third-order valence-corrected chi connectivity index (χ3v) is 6.89. The predicted molar refractivity (Wildman–Crippen MR) is 127 cm³/mol. The fourth-order valence-corrected chi connectivity index (χ4v) is 4.64. The average molecular weight is 467 g/mol. The lowest BCUT2D eigenvalue weighted by Crippen LogP contribution is -2.51. The van der Waals surface area contributed by atoms with Crippen LogP contribution in [0, 0.1) is 11.3 Å². The number of amidine groups is 1. The Hall–Kier alpha value is -2.89. The van der Waals surface area contributed by atoms with E-state index in [0.717, 1.165) is 5.56 Å². The van der Waals surface area contributed by atoms with Crippen LogP contribution in [0.2, 0.25) is 10.0 Å². The van der Waals surface area contributed by atoms with Crippen molar-refractivity contribution in [1.29, 1.82) is 5.26 Å². The summed E-state index contributed by atoms with van der Waals surface area (Å²) in [6.07, 6.45) is -0.362. The molecule has 2 aromatic carbocycles. The van der Waals surface area contributed by atoms with E-state index in [9.17, 15) is 5.26 Å². The van der Waals surface area contributed by atoms with E-state index in [4.69, 9.17) is 30.3 Å². The van der Waals surface area contributed by atoms with E-state index in [1.165, 1.54) is 0 Å². The Morgan fingerprint density at radius 1 is 1.09 bits per heavy atom. The molecule has 1 fully saturated rings. The molecular formula is C23H21Cl2N7. The Labute approximate surface area is 197 Å². The summed E-state index contributed by atoms with van der Waals surface area (Å²) in [6, 6.07) is 17.4. The van der Waals surface area contributed by atoms with Crippen LogP contribution in [0.1, 0.15) is 25.3 Å². The maximum absolute atomic E-state index is 9.88. The van der Waals surface area contributed by atoms with Crippen molar-refractivity contribution < 1.29 is 1.37 Å². The molecule has 0 radical (unpaired) electrons. The Morgan fingerprint density at radius 3 is 2.56 bits per heavy atom. The van der Waals surface area contributed by atoms with Gasteiger partial charge in [-0.25, -0.2) is 9.98 Å². The van der Waals surface area contributed by atoms with Gasteiger partial charge in [-0.2, -0.15) is 5.26 Å². The SMILES string of the molecule is [2H]C1(N2CCC(N)(c3ccccc3)CC2)N=C(C#N)C2=C(c3cccc(Cl)c3Cl)NNC2=N1. The number of nitriles is 1. The molecule has 5 rings (SSSR count). The number of likely N-dealkylation sites (tertiary alicyclic amines) is 1. The number of aliphatic imine (C=N–C) groups is 2. The maximum Gasteiger partial charge on any atom is 0.200 e. The maximum atomic E-state index is 9.88. The summed E-state index contributed by atoms with van der Waals surface area (Å²) in [5, 5.41) is 10.6. The van der Waals surface area contributed by atoms with E-state index in [0.29, 0.717) is 58.6 Å². The summed E-state index contributed by atoms with van der Waals surface area (Å²) in [7, 11) is 0. The zero-order chi connectivity index (χ0) is 23.2. The van der Waals surface area contributed by atoms with Gasteiger partial charge in [0.25, 0.3) is 0 Å². The van der Waals surface area contributed by atoms with E-state index in [1.54, 1.807) is 18.2 Å². The van der Waals surface area contributed by atoms with Gasteiger partial charge < -0.3 is 5.73 Å². The van der Waals surface area contributed by atoms with Crippen LogP contribution >= 0.6 is 23.2 Å². The van der Waals surface area contributed by atoms with Crippen LogP contribution in [0.25, 0.3) is 5.70 Å². The van der Waals surface area contributed by atoms with Crippen molar-refractivity contribution in [2.75, 3.05) is 13.1 Å². The lowest BCUT2D eigenvalue weighted by molar-refractivity contribution is 0.123. The third kappa shape index (κ3) is 3.55. The first kappa shape index (κ1) is 19.8. The minimum atomic E-state index is -1.66. The Balaban J connectivity index is 1.46. The summed E-state index contributed by atoms with van der Waals surface area (Å²) in [5.41, 5.74) is 15.1. The number of fused-ring (bicyclic) bond motifs is 1. The van der Waals surface area contributed by atoms with Crippen molar-refractivity contribution in [1.82, 2.24) is 15.8 Å². The van der Waals surface area contributed by atoms with Gasteiger partial charge in [-0.3, -0.25) is 15.8 Å². The van der Waals surface area contributed by atoms with Crippen LogP contribution in [-0.2, 0) is 5.54 Å². The molecule has 4 N–H and O–H groups in total. The van der Waals surface area contributed by atoms with Crippen molar-refractivity contribution in [2.45, 2.75) is 24.6 Å². The lowest BCUT2D eigenvalue weighted by Gasteiger charge is -2.41. The molecule has 1 saturated heterocycles. The molecule has 3 aliphatic heterocycles. The smallest absolute Gasteiger partial charge is 0.200 e. The topological polar surface area (TPSA) is 102 Å². The Morgan fingerprint density at radius 2 is 1.84 bits per heavy atom. The van der Waals surface area contributed by atoms with Crippen molar-refractivity contribution in [3.8, 4) is 6.07 Å². The van der Waals surface area contributed by atoms with Crippen LogP contribution < -0.4 is 16.6 Å². The molecule has 0 spiro atoms. The van der Waals surface area contributed by atoms with Gasteiger partial charge in [0.15, 0.2) is 17.8 Å². The standard InChI is InChI=1S/C23H21Cl2N7/c24-16-8-4-7-15(19(16)25)20-18-17(13-26)28-22(29-21(18)31-30-20)32-11-9-23(27,10-12-32)14-5-2-1-3-6-14/h1-8,22H,9-12,27H2,(H2,29,30,31)/i22D. The van der Waals surface area contributed by atoms with Crippen molar-refractivity contribution in [2.24, 2.45) is 15.7 Å². The molecule has 2 aromatic rings. The summed E-state index contributed by atoms with van der Waals surface area (Å²) in [5.74, 6) is 0.371. The van der Waals surface area contributed by atoms with Crippen LogP contribution in [0.5, 0.6) is 0 Å². The van der Waals surface area contributed by atoms with Crippen molar-refractivity contribution in [3.05, 3.63) is 75.3 Å². The first-order valence-electron chi connectivity index (χ1n) is 10.8. The molecule has 162 valence electrons. The van der Waals surface area contributed by atoms with Gasteiger partial charge in [-0.1, -0.05) is 65.7 Å². The quantitative estimate of drug-likeness (QED) is 0.642. The fraction of sp³-hybridized carbons (Fsp3) is 0.261. The van der Waals surface area contributed by atoms with Crippen LogP contribution in [0.4, 0.5) is 0 Å². The van der Waals surface area contributed by atoms with Crippen LogP contribution in [0.3, 0.4) is 0 Å². The molecule has 1 unspecified atom stereocenters. The minimum absolute atomic E-state index is 0.103. The largest absolute Gasteiger partial charge is 0.321 e. The van der Waals surface area contributed by atoms with Crippen molar-refractivity contribution >= 4 is 40.4 Å². The normalized spacial score (nSPS) is 25.0. The highest BCUT2D eigenvalue weighted by atomic mass is 35.5. The number of hydrogen-bond acceptors (Lipinski definition) is 7. The number of hydrazine groups is 1. The molecule has 0 bridgehead atoms. The van der Waals surface area contributed by atoms with Gasteiger partial charge in [-0.15, -0.1) is 0 Å². The molecule has 0 amide bonds. The molecule has 0 aliphatic carbocycles. The van der Waals surface area contributed by atoms with Crippen LogP contribution in [-0.4, -0.2) is 35.8 Å². The molecular weight excluding hydrogens is 445 g/mol. The highest BCUT2D eigenvalue weighted by molar-refractivity contribution is 6.44. The first-order chi connectivity index (χ1) is 15.8. The molecule has 7 nitrogen and oxygen atoms in total. The first-order valence-corrected chi connectivity index (χ1v) is 11.0. The van der Waals surface area contributed by atoms with Gasteiger partial charge in [0.1, 0.15) is 6.07 Å². The highest BCUT2D eigenvalue weighted by Crippen LogP contribution is 2.35. The van der Waals surface area contributed by atoms with E-state index >= 15 is 0 Å². The second-order valence-electron chi connectivity index (χ2n) is 7.94. The monoisotopic (exact) mass is 466 g/mol. The summed E-state index contributed by atoms with van der Waals surface area (Å²) < 4.78 is 9.00. The number of nitrogens with two attached hydrogens (primary N) is 1. The summed E-state index contributed by atoms with van der Waals surface area (Å²) >= 11 is 12.6. The Bertz CT molecular complexity index is 1240. The van der Waals surface area contributed by atoms with E-state index in [2.05, 4.69) is 26.9 Å². The number of rotatable bonds is 3. The zero-order valence-corrected chi connectivity index (χ0v) is 18.6. The lowest BCUT2D eigenvalue weighted by atomic mass is 9.82. The molecule has 3 heterocycles. The van der Waals surface area contributed by atoms with Gasteiger partial charge in [-0.05, 0) is 24.5 Å². The summed E-state index contributed by atoms with van der Waals surface area (Å²) in [6.45, 7) is 1.04. The van der Waals surface area contributed by atoms with Gasteiger partial charge >= 0.3 is 0 Å². The molecule has 0 aromatic heterocycles. The fourth-order valence-electron chi connectivity index (χ4n) is 4.25. The minimum Gasteiger partial charge on any atom is -0.321 e. The predicted octanol–water partition coefficient (Wildman–Crippen LogP) is 3.42. The van der Waals surface area contributed by atoms with E-state index < -0.39 is 11.8 Å². The number of nitrogens with one attached hydrogen (secondary N) is 2. The number of halogens is 2. The average Bonchev–Trinajstić information content (AvgIpc) is 3.24. The van der Waals surface area contributed by atoms with Crippen LogP contribution in [0.15, 0.2) is 64.1 Å². The third-order valence-electron chi connectivity index (χ3n) is 6.07. The molecule has 9 heteroatoms. The second kappa shape index (κ2) is 8.23. The number of nitrogens with zero attached hydrogens (tertiary/aromatic N) is 4. The zero-order valence-electron chi connectivity index (χ0n) is 18.1.